The molecule has 4 saturated heterocycles. The number of allylic oxidation sites excluding steroid dienone is 2. The second kappa shape index (κ2) is 19.2. The molecular formula is C49H78O20. The summed E-state index contributed by atoms with van der Waals surface area (Å²) < 4.78 is 48.0. The quantitative estimate of drug-likeness (QED) is 0.0741. The Labute approximate surface area is 403 Å². The second-order valence-corrected chi connectivity index (χ2v) is 22.7. The molecule has 8 rings (SSSR count). The van der Waals surface area contributed by atoms with E-state index in [1.54, 1.807) is 13.0 Å². The van der Waals surface area contributed by atoms with E-state index in [1.165, 1.54) is 25.2 Å². The van der Waals surface area contributed by atoms with Gasteiger partial charge in [0.05, 0.1) is 38.6 Å². The highest BCUT2D eigenvalue weighted by molar-refractivity contribution is 5.87. The molecular weight excluding hydrogens is 909 g/mol. The molecule has 0 amide bonds. The van der Waals surface area contributed by atoms with Crippen molar-refractivity contribution in [3.05, 3.63) is 22.8 Å². The highest BCUT2D eigenvalue weighted by Crippen LogP contribution is 2.75. The molecule has 69 heavy (non-hydrogen) atoms. The molecule has 20 nitrogen and oxygen atoms in total. The van der Waals surface area contributed by atoms with Gasteiger partial charge in [0.15, 0.2) is 25.2 Å². The van der Waals surface area contributed by atoms with Crippen LogP contribution in [0.1, 0.15) is 100 Å². The van der Waals surface area contributed by atoms with Crippen molar-refractivity contribution in [1.29, 1.82) is 0 Å². The van der Waals surface area contributed by atoms with E-state index in [1.807, 2.05) is 6.92 Å². The smallest absolute Gasteiger partial charge is 0.333 e. The first-order chi connectivity index (χ1) is 32.3. The zero-order valence-corrected chi connectivity index (χ0v) is 41.2. The normalized spacial score (nSPS) is 53.2. The zero-order valence-electron chi connectivity index (χ0n) is 41.2. The summed E-state index contributed by atoms with van der Waals surface area (Å²) in [5.74, 6) is -1.57. The van der Waals surface area contributed by atoms with Crippen molar-refractivity contribution in [3.8, 4) is 0 Å². The molecule has 0 unspecified atom stereocenters. The van der Waals surface area contributed by atoms with E-state index >= 15 is 0 Å². The van der Waals surface area contributed by atoms with Gasteiger partial charge in [-0.1, -0.05) is 58.8 Å². The van der Waals surface area contributed by atoms with Gasteiger partial charge in [-0.2, -0.15) is 0 Å². The number of aliphatic hydroxyl groups is 11. The van der Waals surface area contributed by atoms with Crippen molar-refractivity contribution in [2.45, 2.75) is 217 Å². The zero-order chi connectivity index (χ0) is 50.7. The summed E-state index contributed by atoms with van der Waals surface area (Å²) in [6.07, 6.45) is -20.2. The fraction of sp³-hybridized carbons (Fsp3) is 0.898. The van der Waals surface area contributed by atoms with Crippen LogP contribution in [0.4, 0.5) is 0 Å². The number of ether oxygens (including phenoxy) is 8. The molecule has 2 saturated carbocycles. The minimum atomic E-state index is -1.86. The van der Waals surface area contributed by atoms with Gasteiger partial charge in [0.2, 0.25) is 0 Å². The third-order valence-electron chi connectivity index (χ3n) is 19.1. The monoisotopic (exact) mass is 987 g/mol. The Morgan fingerprint density at radius 1 is 0.696 bits per heavy atom. The van der Waals surface area contributed by atoms with E-state index in [0.29, 0.717) is 31.3 Å². The number of aliphatic hydroxyl groups excluding tert-OH is 10. The van der Waals surface area contributed by atoms with Crippen LogP contribution in [-0.2, 0) is 42.7 Å². The van der Waals surface area contributed by atoms with Crippen molar-refractivity contribution in [3.63, 3.8) is 0 Å². The van der Waals surface area contributed by atoms with Gasteiger partial charge in [-0.3, -0.25) is 0 Å². The van der Waals surface area contributed by atoms with E-state index in [0.717, 1.165) is 19.3 Å². The van der Waals surface area contributed by atoms with Crippen LogP contribution < -0.4 is 0 Å². The molecule has 25 atom stereocenters. The molecule has 20 heteroatoms. The molecule has 4 aliphatic heterocycles. The maximum atomic E-state index is 13.1. The van der Waals surface area contributed by atoms with Crippen LogP contribution in [0.2, 0.25) is 0 Å². The minimum Gasteiger partial charge on any atom is -0.466 e. The number of carbonyl (C=O) groups is 1. The van der Waals surface area contributed by atoms with E-state index in [4.69, 9.17) is 37.9 Å². The third kappa shape index (κ3) is 8.23. The summed E-state index contributed by atoms with van der Waals surface area (Å²) in [4.78, 5) is 12.4. The molecule has 0 radical (unpaired) electrons. The topological polar surface area (TPSA) is 313 Å². The number of methoxy groups -OCH3 is 1. The summed E-state index contributed by atoms with van der Waals surface area (Å²) in [5.41, 5.74) is -0.335. The second-order valence-electron chi connectivity index (χ2n) is 22.7. The van der Waals surface area contributed by atoms with Gasteiger partial charge in [-0.25, -0.2) is 4.79 Å². The largest absolute Gasteiger partial charge is 0.466 e. The standard InChI is InChI=1S/C49H78O20/c1-20(40(59)62-9)16-23-21(2)49(61)30(66-41(23)60)17-47(7)25-10-11-28-45(4,5)29(13-14-46(28,6)24(25)12-15-48(47,49)8)67-43-38(35(56)32(53)26(18-50)64-43)69-44-39(36(57)33(54)27(19-51)65-44)68-42-37(58)34(55)31(52)22(3)63-42/h16,21-23,26-39,41-44,50-58,60-61H,10-15,17-19H2,1-9H3/b20-16+/t21-,22+,23-,26-,27-,28+,29+,30+,31+,32-,33-,34-,35+,36+,37-,38-,39-,41-,42+,43+,44+,46-,47+,48+,49-/m1/s1. The Kier molecular flexibility index (Phi) is 14.9. The summed E-state index contributed by atoms with van der Waals surface area (Å²) in [7, 11) is 1.30. The number of fused-ring (bicyclic) bond motifs is 6. The Balaban J connectivity index is 1.05. The Bertz CT molecular complexity index is 1950. The number of carbonyl (C=O) groups excluding carboxylic acids is 1. The molecule has 0 aromatic carbocycles. The first kappa shape index (κ1) is 53.5. The molecule has 0 bridgehead atoms. The van der Waals surface area contributed by atoms with Gasteiger partial charge < -0.3 is 94.1 Å². The maximum absolute atomic E-state index is 13.1. The molecule has 0 aromatic heterocycles. The molecule has 8 aliphatic rings. The summed E-state index contributed by atoms with van der Waals surface area (Å²) in [6, 6.07) is 0. The molecule has 394 valence electrons. The molecule has 6 fully saturated rings. The molecule has 0 aromatic rings. The van der Waals surface area contributed by atoms with E-state index in [-0.39, 0.29) is 11.3 Å². The van der Waals surface area contributed by atoms with Crippen molar-refractivity contribution >= 4 is 5.97 Å². The minimum absolute atomic E-state index is 0.0572. The van der Waals surface area contributed by atoms with Gasteiger partial charge in [0.1, 0.15) is 72.7 Å². The Hall–Kier alpha value is -1.77. The molecule has 11 N–H and O–H groups in total. The van der Waals surface area contributed by atoms with Gasteiger partial charge >= 0.3 is 5.97 Å². The van der Waals surface area contributed by atoms with E-state index in [2.05, 4.69) is 34.6 Å². The van der Waals surface area contributed by atoms with Crippen LogP contribution in [0, 0.1) is 39.4 Å². The van der Waals surface area contributed by atoms with Crippen molar-refractivity contribution in [2.24, 2.45) is 39.4 Å². The highest BCUT2D eigenvalue weighted by atomic mass is 16.8. The lowest BCUT2D eigenvalue weighted by atomic mass is 9.42. The first-order valence-corrected chi connectivity index (χ1v) is 24.7. The average Bonchev–Trinajstić information content (AvgIpc) is 3.49. The summed E-state index contributed by atoms with van der Waals surface area (Å²) in [5, 5.41) is 121. The summed E-state index contributed by atoms with van der Waals surface area (Å²) in [6.45, 7) is 14.5. The first-order valence-electron chi connectivity index (χ1n) is 24.7. The lowest BCUT2D eigenvalue weighted by Gasteiger charge is -2.64. The maximum Gasteiger partial charge on any atom is 0.333 e. The van der Waals surface area contributed by atoms with Crippen molar-refractivity contribution in [2.75, 3.05) is 20.3 Å². The van der Waals surface area contributed by atoms with Crippen LogP contribution in [0.15, 0.2) is 22.8 Å². The number of hydrogen-bond donors (Lipinski definition) is 11. The number of esters is 1. The van der Waals surface area contributed by atoms with Crippen LogP contribution in [0.5, 0.6) is 0 Å². The molecule has 0 spiro atoms. The van der Waals surface area contributed by atoms with Crippen molar-refractivity contribution in [1.82, 2.24) is 0 Å². The van der Waals surface area contributed by atoms with Gasteiger partial charge in [-0.15, -0.1) is 0 Å². The third-order valence-corrected chi connectivity index (χ3v) is 19.1. The van der Waals surface area contributed by atoms with E-state index in [9.17, 15) is 61.0 Å². The average molecular weight is 987 g/mol. The Morgan fingerprint density at radius 2 is 1.28 bits per heavy atom. The van der Waals surface area contributed by atoms with Crippen molar-refractivity contribution < 1.29 is 98.9 Å². The molecule has 4 heterocycles. The van der Waals surface area contributed by atoms with Crippen LogP contribution >= 0.6 is 0 Å². The predicted octanol–water partition coefficient (Wildman–Crippen LogP) is -0.590. The van der Waals surface area contributed by atoms with Gasteiger partial charge in [0, 0.05) is 16.9 Å². The lowest BCUT2D eigenvalue weighted by molar-refractivity contribution is -0.397. The Morgan fingerprint density at radius 3 is 1.86 bits per heavy atom. The highest BCUT2D eigenvalue weighted by Gasteiger charge is 2.75. The van der Waals surface area contributed by atoms with Gasteiger partial charge in [0.25, 0.3) is 0 Å². The SMILES string of the molecule is COC(=O)/C(C)=C/[C@H]1[C@H](O)O[C@H]2C[C@@]3(C)C4=C(CC[C@]3(C)[C@@]2(O)[C@@H]1C)[C@@]1(C)CC[C@H](O[C@@H]2O[C@H](CO)[C@@H](O)[C@H](O)[C@H]2O[C@@H]2O[C@H](CO)[C@@H](O)[C@H](O)[C@H]2O[C@@H]2O[C@@H](C)[C@H](O)[C@@H](O)[C@H]2O)C(C)(C)[C@@H]1CC4. The predicted molar refractivity (Wildman–Crippen MR) is 238 cm³/mol. The van der Waals surface area contributed by atoms with Crippen LogP contribution in [0.25, 0.3) is 0 Å². The van der Waals surface area contributed by atoms with Crippen LogP contribution in [0.3, 0.4) is 0 Å². The number of rotatable bonds is 10. The summed E-state index contributed by atoms with van der Waals surface area (Å²) >= 11 is 0. The van der Waals surface area contributed by atoms with Crippen LogP contribution in [-0.4, -0.2) is 199 Å². The fourth-order valence-corrected chi connectivity index (χ4v) is 14.7. The fourth-order valence-electron chi connectivity index (χ4n) is 14.7. The number of hydrogen-bond acceptors (Lipinski definition) is 20. The lowest BCUT2D eigenvalue weighted by Crippen LogP contribution is -2.67. The van der Waals surface area contributed by atoms with Gasteiger partial charge in [-0.05, 0) is 86.9 Å². The molecule has 4 aliphatic carbocycles. The van der Waals surface area contributed by atoms with E-state index < -0.39 is 163 Å².